The number of piperidine rings is 1. The van der Waals surface area contributed by atoms with E-state index in [1.54, 1.807) is 18.1 Å². The summed E-state index contributed by atoms with van der Waals surface area (Å²) < 4.78 is 15.7. The normalized spacial score (nSPS) is 21.3. The number of aryl methyl sites for hydroxylation is 1. The van der Waals surface area contributed by atoms with Crippen LogP contribution < -0.4 is 10.1 Å². The van der Waals surface area contributed by atoms with Gasteiger partial charge in [0.2, 0.25) is 0 Å². The Balaban J connectivity index is 1.22. The number of aromatic nitrogens is 3. The Kier molecular flexibility index (Phi) is 8.12. The topological polar surface area (TPSA) is 128 Å². The van der Waals surface area contributed by atoms with Crippen molar-refractivity contribution in [1.82, 2.24) is 24.3 Å². The summed E-state index contributed by atoms with van der Waals surface area (Å²) in [6.07, 6.45) is 4.77. The van der Waals surface area contributed by atoms with Crippen LogP contribution in [-0.2, 0) is 23.1 Å². The lowest BCUT2D eigenvalue weighted by molar-refractivity contribution is -0.145. The fourth-order valence-electron chi connectivity index (χ4n) is 7.45. The van der Waals surface area contributed by atoms with Crippen molar-refractivity contribution in [2.45, 2.75) is 83.4 Å². The maximum Gasteiger partial charge on any atom is 0.407 e. The van der Waals surface area contributed by atoms with Gasteiger partial charge in [-0.15, -0.1) is 0 Å². The van der Waals surface area contributed by atoms with Crippen LogP contribution in [0.2, 0.25) is 0 Å². The first-order chi connectivity index (χ1) is 22.9. The number of hydrogen-bond donors (Lipinski definition) is 2. The molecule has 2 amide bonds. The second-order valence-electron chi connectivity index (χ2n) is 14.8. The van der Waals surface area contributed by atoms with Crippen LogP contribution in [0.15, 0.2) is 36.4 Å². The number of carbonyl (C=O) groups excluding carboxylic acids is 2. The summed E-state index contributed by atoms with van der Waals surface area (Å²) in [6, 6.07) is 12.0. The molecule has 3 fully saturated rings. The van der Waals surface area contributed by atoms with Gasteiger partial charge >= 0.3 is 12.1 Å². The maximum absolute atomic E-state index is 13.9. The van der Waals surface area contributed by atoms with Crippen molar-refractivity contribution in [3.63, 3.8) is 0 Å². The Bertz CT molecular complexity index is 1910. The van der Waals surface area contributed by atoms with E-state index in [9.17, 15) is 19.5 Å². The van der Waals surface area contributed by atoms with E-state index in [2.05, 4.69) is 34.1 Å². The number of rotatable bonds is 8. The Morgan fingerprint density at radius 2 is 1.83 bits per heavy atom. The van der Waals surface area contributed by atoms with Crippen molar-refractivity contribution in [3.05, 3.63) is 47.5 Å². The third-order valence-corrected chi connectivity index (χ3v) is 10.1. The molecule has 2 aromatic heterocycles. The number of likely N-dealkylation sites (tertiary alicyclic amines) is 1. The number of para-hydroxylation sites is 1. The number of amides is 2. The average Bonchev–Trinajstić information content (AvgIpc) is 3.67. The molecule has 2 aromatic carbocycles. The minimum atomic E-state index is -0.712. The van der Waals surface area contributed by atoms with Gasteiger partial charge in [-0.3, -0.25) is 9.59 Å². The number of nitrogens with one attached hydrogen (secondary N) is 1. The zero-order valence-corrected chi connectivity index (χ0v) is 28.4. The molecule has 1 saturated heterocycles. The number of imidazole rings is 1. The number of hydrogen-bond acceptors (Lipinski definition) is 6. The molecule has 4 aromatic rings. The van der Waals surface area contributed by atoms with Crippen LogP contribution in [0.25, 0.3) is 33.5 Å². The van der Waals surface area contributed by atoms with E-state index in [-0.39, 0.29) is 23.8 Å². The summed E-state index contributed by atoms with van der Waals surface area (Å²) in [7, 11) is 3.59. The fourth-order valence-corrected chi connectivity index (χ4v) is 7.45. The summed E-state index contributed by atoms with van der Waals surface area (Å²) in [5, 5.41) is 13.6. The summed E-state index contributed by atoms with van der Waals surface area (Å²) in [5.74, 6) is 1.05. The first-order valence-corrected chi connectivity index (χ1v) is 17.1. The number of ether oxygens (including phenoxy) is 2. The standard InChI is InChI=1S/C37H45N5O6/c1-37(2,3)48-36(46)38-26-9-7-13-41(20-26)34(43)24-16-28-32(30(18-24)47-5)40(4)33(39-28)29-17-22-8-6-10-27(23-14-25(15-23)35(44)45)31(22)42(29)19-21-11-12-21/h6,8,10,16-18,21,23,25-26H,7,9,11-15,19-20H2,1-5H3,(H,38,46)(H,44,45)/t23?,25?,26-/m1/s1. The minimum absolute atomic E-state index is 0.134. The molecule has 48 heavy (non-hydrogen) atoms. The number of carboxylic acids is 1. The molecule has 2 aliphatic carbocycles. The third kappa shape index (κ3) is 6.10. The Hall–Kier alpha value is -4.54. The van der Waals surface area contributed by atoms with Crippen molar-refractivity contribution >= 4 is 39.9 Å². The van der Waals surface area contributed by atoms with Gasteiger partial charge in [-0.2, -0.15) is 0 Å². The highest BCUT2D eigenvalue weighted by atomic mass is 16.6. The monoisotopic (exact) mass is 655 g/mol. The molecule has 0 spiro atoms. The molecular weight excluding hydrogens is 610 g/mol. The molecule has 0 bridgehead atoms. The molecule has 1 aliphatic heterocycles. The van der Waals surface area contributed by atoms with E-state index in [1.807, 2.05) is 38.5 Å². The van der Waals surface area contributed by atoms with Gasteiger partial charge in [0.1, 0.15) is 16.9 Å². The highest BCUT2D eigenvalue weighted by Crippen LogP contribution is 2.46. The summed E-state index contributed by atoms with van der Waals surface area (Å²) in [5.41, 5.74) is 4.74. The van der Waals surface area contributed by atoms with Gasteiger partial charge in [0.25, 0.3) is 5.91 Å². The van der Waals surface area contributed by atoms with Crippen LogP contribution >= 0.6 is 0 Å². The number of carbonyl (C=O) groups is 3. The molecule has 3 aliphatic rings. The molecule has 1 atom stereocenters. The fraction of sp³-hybridized carbons (Fsp3) is 0.514. The molecule has 11 heteroatoms. The maximum atomic E-state index is 13.9. The van der Waals surface area contributed by atoms with Crippen molar-refractivity contribution in [2.24, 2.45) is 18.9 Å². The molecule has 254 valence electrons. The van der Waals surface area contributed by atoms with E-state index in [0.717, 1.165) is 41.8 Å². The van der Waals surface area contributed by atoms with Crippen molar-refractivity contribution in [1.29, 1.82) is 0 Å². The van der Waals surface area contributed by atoms with Crippen LogP contribution in [0, 0.1) is 11.8 Å². The first-order valence-electron chi connectivity index (χ1n) is 17.1. The van der Waals surface area contributed by atoms with Gasteiger partial charge in [0.05, 0.1) is 29.8 Å². The van der Waals surface area contributed by atoms with Crippen LogP contribution in [0.5, 0.6) is 5.75 Å². The highest BCUT2D eigenvalue weighted by molar-refractivity contribution is 6.00. The van der Waals surface area contributed by atoms with Crippen LogP contribution in [-0.4, -0.2) is 73.9 Å². The minimum Gasteiger partial charge on any atom is -0.494 e. The van der Waals surface area contributed by atoms with Crippen LogP contribution in [0.4, 0.5) is 4.79 Å². The van der Waals surface area contributed by atoms with Gasteiger partial charge in [-0.25, -0.2) is 9.78 Å². The van der Waals surface area contributed by atoms with Gasteiger partial charge in [-0.1, -0.05) is 18.2 Å². The van der Waals surface area contributed by atoms with Gasteiger partial charge < -0.3 is 33.9 Å². The molecule has 0 unspecified atom stereocenters. The summed E-state index contributed by atoms with van der Waals surface area (Å²) in [4.78, 5) is 44.8. The number of fused-ring (bicyclic) bond motifs is 2. The predicted octanol–water partition coefficient (Wildman–Crippen LogP) is 6.32. The Morgan fingerprint density at radius 3 is 2.52 bits per heavy atom. The second kappa shape index (κ2) is 12.2. The number of benzene rings is 2. The lowest BCUT2D eigenvalue weighted by Gasteiger charge is -2.33. The summed E-state index contributed by atoms with van der Waals surface area (Å²) in [6.45, 7) is 7.34. The third-order valence-electron chi connectivity index (χ3n) is 10.1. The molecule has 2 saturated carbocycles. The molecule has 0 radical (unpaired) electrons. The quantitative estimate of drug-likeness (QED) is 0.227. The lowest BCUT2D eigenvalue weighted by Crippen LogP contribution is -2.50. The summed E-state index contributed by atoms with van der Waals surface area (Å²) >= 11 is 0. The largest absolute Gasteiger partial charge is 0.494 e. The van der Waals surface area contributed by atoms with Crippen LogP contribution in [0.1, 0.15) is 81.1 Å². The van der Waals surface area contributed by atoms with Crippen molar-refractivity contribution < 1.29 is 29.0 Å². The highest BCUT2D eigenvalue weighted by Gasteiger charge is 2.37. The zero-order chi connectivity index (χ0) is 33.9. The van der Waals surface area contributed by atoms with Crippen LogP contribution in [0.3, 0.4) is 0 Å². The number of nitrogens with zero attached hydrogens (tertiary/aromatic N) is 4. The lowest BCUT2D eigenvalue weighted by atomic mass is 9.71. The van der Waals surface area contributed by atoms with E-state index >= 15 is 0 Å². The van der Waals surface area contributed by atoms with E-state index in [4.69, 9.17) is 14.5 Å². The van der Waals surface area contributed by atoms with E-state index < -0.39 is 17.7 Å². The van der Waals surface area contributed by atoms with E-state index in [1.165, 1.54) is 23.9 Å². The number of carboxylic acid groups (broad SMARTS) is 1. The van der Waals surface area contributed by atoms with Crippen molar-refractivity contribution in [3.8, 4) is 17.3 Å². The molecule has 2 N–H and O–H groups in total. The predicted molar refractivity (Wildman–Crippen MR) is 182 cm³/mol. The molecule has 11 nitrogen and oxygen atoms in total. The second-order valence-corrected chi connectivity index (χ2v) is 14.8. The van der Waals surface area contributed by atoms with E-state index in [0.29, 0.717) is 48.7 Å². The average molecular weight is 656 g/mol. The first kappa shape index (κ1) is 32.0. The Morgan fingerprint density at radius 1 is 1.06 bits per heavy atom. The number of methoxy groups -OCH3 is 1. The van der Waals surface area contributed by atoms with Gasteiger partial charge in [-0.05, 0) is 94.9 Å². The molecule has 3 heterocycles. The smallest absolute Gasteiger partial charge is 0.407 e. The zero-order valence-electron chi connectivity index (χ0n) is 28.4. The Labute approximate surface area is 280 Å². The SMILES string of the molecule is COc1cc(C(=O)N2CCC[C@@H](NC(=O)OC(C)(C)C)C2)cc2nc(-c3cc4cccc(C5CC(C(=O)O)C5)c4n3CC3CC3)n(C)c12. The molecular formula is C37H45N5O6. The number of aliphatic carboxylic acids is 1. The van der Waals surface area contributed by atoms with Gasteiger partial charge in [0.15, 0.2) is 5.82 Å². The van der Waals surface area contributed by atoms with Crippen molar-refractivity contribution in [2.75, 3.05) is 20.2 Å². The number of alkyl carbamates (subject to hydrolysis) is 1. The molecule has 7 rings (SSSR count). The van der Waals surface area contributed by atoms with Gasteiger partial charge in [0, 0.05) is 43.7 Å².